The third-order valence-corrected chi connectivity index (χ3v) is 3.16. The van der Waals surface area contributed by atoms with E-state index < -0.39 is 0 Å². The van der Waals surface area contributed by atoms with Crippen molar-refractivity contribution in [2.45, 2.75) is 25.3 Å². The molecule has 3 nitrogen and oxygen atoms in total. The molecule has 0 aliphatic rings. The van der Waals surface area contributed by atoms with E-state index in [0.29, 0.717) is 0 Å². The Morgan fingerprint density at radius 2 is 2.22 bits per heavy atom. The van der Waals surface area contributed by atoms with E-state index in [9.17, 15) is 0 Å². The Kier molecular flexibility index (Phi) is 4.45. The molecule has 0 saturated heterocycles. The molecule has 1 unspecified atom stereocenters. The van der Waals surface area contributed by atoms with Gasteiger partial charge in [-0.1, -0.05) is 24.3 Å². The van der Waals surface area contributed by atoms with E-state index in [1.54, 1.807) is 0 Å². The number of nitrogens with one attached hydrogen (secondary N) is 1. The van der Waals surface area contributed by atoms with Crippen molar-refractivity contribution in [3.8, 4) is 0 Å². The molecule has 1 aromatic carbocycles. The van der Waals surface area contributed by atoms with E-state index in [-0.39, 0.29) is 6.04 Å². The topological polar surface area (TPSA) is 50.9 Å². The zero-order valence-electron chi connectivity index (χ0n) is 10.5. The molecule has 2 aromatic rings. The average molecular weight is 241 g/mol. The van der Waals surface area contributed by atoms with Crippen LogP contribution < -0.4 is 11.3 Å². The van der Waals surface area contributed by atoms with Gasteiger partial charge in [-0.2, -0.15) is 0 Å². The van der Waals surface area contributed by atoms with Crippen LogP contribution in [0.1, 0.15) is 30.9 Å². The Bertz CT molecular complexity index is 517. The fourth-order valence-electron chi connectivity index (χ4n) is 2.23. The molecule has 0 aliphatic heterocycles. The summed E-state index contributed by atoms with van der Waals surface area (Å²) in [5.41, 5.74) is 5.14. The van der Waals surface area contributed by atoms with E-state index in [1.807, 2.05) is 30.5 Å². The monoisotopic (exact) mass is 241 g/mol. The number of hydrazine groups is 1. The van der Waals surface area contributed by atoms with Crippen LogP contribution in [0.3, 0.4) is 0 Å². The Labute approximate surface area is 108 Å². The number of benzene rings is 1. The normalized spacial score (nSPS) is 12.5. The molecule has 0 fully saturated rings. The summed E-state index contributed by atoms with van der Waals surface area (Å²) in [6.45, 7) is 3.74. The molecule has 0 amide bonds. The Morgan fingerprint density at radius 3 is 3.00 bits per heavy atom. The maximum atomic E-state index is 5.68. The zero-order valence-corrected chi connectivity index (χ0v) is 10.5. The van der Waals surface area contributed by atoms with Crippen molar-refractivity contribution in [3.05, 3.63) is 54.7 Å². The molecule has 3 heteroatoms. The number of nitrogens with zero attached hydrogens (tertiary/aromatic N) is 1. The first-order valence-corrected chi connectivity index (χ1v) is 6.27. The van der Waals surface area contributed by atoms with Gasteiger partial charge in [-0.15, -0.1) is 6.58 Å². The second-order valence-corrected chi connectivity index (χ2v) is 4.36. The summed E-state index contributed by atoms with van der Waals surface area (Å²) < 4.78 is 0. The minimum absolute atomic E-state index is 0.165. The van der Waals surface area contributed by atoms with Crippen LogP contribution in [-0.2, 0) is 0 Å². The van der Waals surface area contributed by atoms with Gasteiger partial charge in [0.25, 0.3) is 0 Å². The molecule has 0 aliphatic carbocycles. The lowest BCUT2D eigenvalue weighted by molar-refractivity contribution is 0.504. The molecule has 0 bridgehead atoms. The van der Waals surface area contributed by atoms with Gasteiger partial charge in [0.2, 0.25) is 0 Å². The van der Waals surface area contributed by atoms with E-state index in [4.69, 9.17) is 5.84 Å². The van der Waals surface area contributed by atoms with Crippen molar-refractivity contribution in [2.75, 3.05) is 0 Å². The van der Waals surface area contributed by atoms with Gasteiger partial charge in [-0.25, -0.2) is 0 Å². The number of fused-ring (bicyclic) bond motifs is 1. The van der Waals surface area contributed by atoms with Crippen LogP contribution in [0.2, 0.25) is 0 Å². The quantitative estimate of drug-likeness (QED) is 0.353. The van der Waals surface area contributed by atoms with Crippen molar-refractivity contribution in [1.29, 1.82) is 0 Å². The summed E-state index contributed by atoms with van der Waals surface area (Å²) in [5, 5.41) is 1.17. The minimum atomic E-state index is 0.165. The second kappa shape index (κ2) is 6.28. The predicted molar refractivity (Wildman–Crippen MR) is 75.9 cm³/mol. The Morgan fingerprint density at radius 1 is 1.33 bits per heavy atom. The summed E-state index contributed by atoms with van der Waals surface area (Å²) in [4.78, 5) is 4.37. The number of rotatable bonds is 6. The minimum Gasteiger partial charge on any atom is -0.271 e. The van der Waals surface area contributed by atoms with Gasteiger partial charge in [0.15, 0.2) is 0 Å². The number of allylic oxidation sites excluding steroid dienone is 1. The lowest BCUT2D eigenvalue weighted by Crippen LogP contribution is -2.28. The predicted octanol–water partition coefficient (Wildman–Crippen LogP) is 3.10. The number of nitrogens with two attached hydrogens (primary N) is 1. The smallest absolute Gasteiger partial charge is 0.0705 e. The van der Waals surface area contributed by atoms with Crippen LogP contribution in [0.5, 0.6) is 0 Å². The maximum absolute atomic E-state index is 5.68. The van der Waals surface area contributed by atoms with E-state index in [0.717, 1.165) is 24.8 Å². The first-order chi connectivity index (χ1) is 8.86. The highest BCUT2D eigenvalue weighted by molar-refractivity contribution is 5.82. The van der Waals surface area contributed by atoms with Crippen LogP contribution in [0.15, 0.2) is 49.2 Å². The standard InChI is InChI=1S/C15H19N3/c1-2-3-4-9-15(18-16)13-7-5-10-14-12(13)8-6-11-17-14/h2,5-8,10-11,15,18H,1,3-4,9,16H2. The highest BCUT2D eigenvalue weighted by atomic mass is 15.2. The molecule has 0 saturated carbocycles. The molecule has 3 N–H and O–H groups in total. The fourth-order valence-corrected chi connectivity index (χ4v) is 2.23. The molecule has 1 atom stereocenters. The third-order valence-electron chi connectivity index (χ3n) is 3.16. The van der Waals surface area contributed by atoms with Crippen LogP contribution in [0, 0.1) is 0 Å². The summed E-state index contributed by atoms with van der Waals surface area (Å²) in [5.74, 6) is 5.68. The lowest BCUT2D eigenvalue weighted by Gasteiger charge is -2.17. The van der Waals surface area contributed by atoms with Gasteiger partial charge in [-0.05, 0) is 37.0 Å². The van der Waals surface area contributed by atoms with Crippen LogP contribution >= 0.6 is 0 Å². The summed E-state index contributed by atoms with van der Waals surface area (Å²) in [6, 6.07) is 10.4. The number of aromatic nitrogens is 1. The summed E-state index contributed by atoms with van der Waals surface area (Å²) in [6.07, 6.45) is 6.85. The number of pyridine rings is 1. The van der Waals surface area contributed by atoms with Crippen LogP contribution in [0.25, 0.3) is 10.9 Å². The first-order valence-electron chi connectivity index (χ1n) is 6.27. The van der Waals surface area contributed by atoms with E-state index >= 15 is 0 Å². The van der Waals surface area contributed by atoms with Crippen LogP contribution in [0.4, 0.5) is 0 Å². The van der Waals surface area contributed by atoms with Gasteiger partial charge < -0.3 is 0 Å². The average Bonchev–Trinajstić information content (AvgIpc) is 2.43. The van der Waals surface area contributed by atoms with Crippen molar-refractivity contribution in [1.82, 2.24) is 10.4 Å². The number of unbranched alkanes of at least 4 members (excludes halogenated alkanes) is 1. The fraction of sp³-hybridized carbons (Fsp3) is 0.267. The zero-order chi connectivity index (χ0) is 12.8. The van der Waals surface area contributed by atoms with Gasteiger partial charge >= 0.3 is 0 Å². The highest BCUT2D eigenvalue weighted by Gasteiger charge is 2.12. The van der Waals surface area contributed by atoms with E-state index in [1.165, 1.54) is 10.9 Å². The van der Waals surface area contributed by atoms with E-state index in [2.05, 4.69) is 29.1 Å². The number of hydrogen-bond acceptors (Lipinski definition) is 3. The lowest BCUT2D eigenvalue weighted by atomic mass is 9.97. The van der Waals surface area contributed by atoms with Crippen molar-refractivity contribution in [3.63, 3.8) is 0 Å². The summed E-state index contributed by atoms with van der Waals surface area (Å²) >= 11 is 0. The van der Waals surface area contributed by atoms with Gasteiger partial charge in [-0.3, -0.25) is 16.3 Å². The largest absolute Gasteiger partial charge is 0.271 e. The summed E-state index contributed by atoms with van der Waals surface area (Å²) in [7, 11) is 0. The third kappa shape index (κ3) is 2.75. The molecular weight excluding hydrogens is 222 g/mol. The van der Waals surface area contributed by atoms with Crippen LogP contribution in [-0.4, -0.2) is 4.98 Å². The SMILES string of the molecule is C=CCCCC(NN)c1cccc2ncccc12. The molecule has 1 aromatic heterocycles. The van der Waals surface area contributed by atoms with Gasteiger partial charge in [0, 0.05) is 17.6 Å². The second-order valence-electron chi connectivity index (χ2n) is 4.36. The molecule has 0 radical (unpaired) electrons. The maximum Gasteiger partial charge on any atom is 0.0705 e. The first kappa shape index (κ1) is 12.7. The highest BCUT2D eigenvalue weighted by Crippen LogP contribution is 2.25. The molecule has 0 spiro atoms. The molecule has 18 heavy (non-hydrogen) atoms. The Hall–Kier alpha value is -1.71. The molecule has 2 rings (SSSR count). The number of hydrogen-bond donors (Lipinski definition) is 2. The van der Waals surface area contributed by atoms with Crippen molar-refractivity contribution < 1.29 is 0 Å². The Balaban J connectivity index is 2.29. The van der Waals surface area contributed by atoms with Gasteiger partial charge in [0.05, 0.1) is 5.52 Å². The molecular formula is C15H19N3. The molecule has 94 valence electrons. The van der Waals surface area contributed by atoms with Crippen molar-refractivity contribution >= 4 is 10.9 Å². The van der Waals surface area contributed by atoms with Gasteiger partial charge in [0.1, 0.15) is 0 Å². The van der Waals surface area contributed by atoms with Crippen molar-refractivity contribution in [2.24, 2.45) is 5.84 Å². The molecule has 1 heterocycles.